The Balaban J connectivity index is 1.68. The van der Waals surface area contributed by atoms with E-state index in [2.05, 4.69) is 18.1 Å². The minimum Gasteiger partial charge on any atom is -0.390 e. The van der Waals surface area contributed by atoms with Crippen LogP contribution in [0.1, 0.15) is 43.4 Å². The molecule has 0 unspecified atom stereocenters. The first-order chi connectivity index (χ1) is 13.4. The van der Waals surface area contributed by atoms with Crippen LogP contribution in [0.5, 0.6) is 0 Å². The fourth-order valence-corrected chi connectivity index (χ4v) is 3.37. The normalized spacial score (nSPS) is 16.0. The molecule has 0 bridgehead atoms. The molecule has 5 heteroatoms. The Morgan fingerprint density at radius 2 is 1.93 bits per heavy atom. The van der Waals surface area contributed by atoms with Gasteiger partial charge in [-0.2, -0.15) is 0 Å². The van der Waals surface area contributed by atoms with Crippen molar-refractivity contribution >= 4 is 11.6 Å². The maximum atomic E-state index is 13.2. The van der Waals surface area contributed by atoms with E-state index < -0.39 is 0 Å². The van der Waals surface area contributed by atoms with Crippen LogP contribution in [-0.2, 0) is 16.2 Å². The van der Waals surface area contributed by atoms with Gasteiger partial charge in [0.2, 0.25) is 5.91 Å². The Morgan fingerprint density at radius 1 is 1.21 bits per heavy atom. The average molecular weight is 382 g/mol. The van der Waals surface area contributed by atoms with Gasteiger partial charge >= 0.3 is 0 Å². The number of benzene rings is 2. The largest absolute Gasteiger partial charge is 0.390 e. The van der Waals surface area contributed by atoms with E-state index in [4.69, 9.17) is 4.84 Å². The monoisotopic (exact) mass is 382 g/mol. The van der Waals surface area contributed by atoms with Crippen LogP contribution in [0.4, 0.5) is 4.39 Å². The van der Waals surface area contributed by atoms with E-state index in [1.165, 1.54) is 12.1 Å². The van der Waals surface area contributed by atoms with Gasteiger partial charge in [0, 0.05) is 24.9 Å². The number of halogens is 1. The Morgan fingerprint density at radius 3 is 2.61 bits per heavy atom. The summed E-state index contributed by atoms with van der Waals surface area (Å²) in [5, 5.41) is 4.27. The van der Waals surface area contributed by atoms with Crippen molar-refractivity contribution in [3.63, 3.8) is 0 Å². The van der Waals surface area contributed by atoms with E-state index in [9.17, 15) is 9.18 Å². The Bertz CT molecular complexity index is 846. The zero-order valence-electron chi connectivity index (χ0n) is 16.7. The highest BCUT2D eigenvalue weighted by molar-refractivity contribution is 6.02. The molecule has 1 aliphatic rings. The molecular formula is C23H27FN2O2. The van der Waals surface area contributed by atoms with Gasteiger partial charge in [0.15, 0.2) is 6.10 Å². The van der Waals surface area contributed by atoms with Crippen LogP contribution in [-0.4, -0.2) is 29.2 Å². The number of amides is 1. The smallest absolute Gasteiger partial charge is 0.223 e. The third-order valence-corrected chi connectivity index (χ3v) is 4.84. The summed E-state index contributed by atoms with van der Waals surface area (Å²) in [4.78, 5) is 20.2. The van der Waals surface area contributed by atoms with Crippen LogP contribution in [0.25, 0.3) is 0 Å². The van der Waals surface area contributed by atoms with Gasteiger partial charge in [-0.25, -0.2) is 4.39 Å². The highest BCUT2D eigenvalue weighted by Crippen LogP contribution is 2.21. The number of carbonyl (C=O) groups excluding carboxylic acids is 1. The SMILES string of the molecule is Cc1ccccc1C1=NO[C@@H](CN(Cc2ccc(F)cc2)C(=O)CC(C)C)C1. The van der Waals surface area contributed by atoms with Crippen LogP contribution in [0.2, 0.25) is 0 Å². The predicted octanol–water partition coefficient (Wildman–Crippen LogP) is 4.70. The maximum Gasteiger partial charge on any atom is 0.223 e. The molecule has 2 aromatic carbocycles. The molecule has 1 atom stereocenters. The van der Waals surface area contributed by atoms with Gasteiger partial charge in [-0.05, 0) is 36.1 Å². The molecule has 0 aliphatic carbocycles. The zero-order valence-corrected chi connectivity index (χ0v) is 16.7. The summed E-state index contributed by atoms with van der Waals surface area (Å²) < 4.78 is 13.2. The first-order valence-electron chi connectivity index (χ1n) is 9.73. The minimum atomic E-state index is -0.279. The molecule has 3 rings (SSSR count). The molecule has 0 aromatic heterocycles. The maximum absolute atomic E-state index is 13.2. The standard InChI is InChI=1S/C23H27FN2O2/c1-16(2)12-23(27)26(14-18-8-10-19(24)11-9-18)15-20-13-22(25-28-20)21-7-5-4-6-17(21)3/h4-11,16,20H,12-15H2,1-3H3/t20-/m1/s1. The quantitative estimate of drug-likeness (QED) is 0.696. The highest BCUT2D eigenvalue weighted by Gasteiger charge is 2.27. The highest BCUT2D eigenvalue weighted by atomic mass is 19.1. The van der Waals surface area contributed by atoms with Crippen molar-refractivity contribution in [1.82, 2.24) is 4.90 Å². The molecule has 2 aromatic rings. The second kappa shape index (κ2) is 9.00. The van der Waals surface area contributed by atoms with Gasteiger partial charge in [-0.1, -0.05) is 55.4 Å². The molecule has 0 radical (unpaired) electrons. The zero-order chi connectivity index (χ0) is 20.1. The summed E-state index contributed by atoms with van der Waals surface area (Å²) in [7, 11) is 0. The molecule has 0 spiro atoms. The minimum absolute atomic E-state index is 0.0762. The molecule has 28 heavy (non-hydrogen) atoms. The molecule has 0 fully saturated rings. The first-order valence-corrected chi connectivity index (χ1v) is 9.73. The van der Waals surface area contributed by atoms with E-state index in [-0.39, 0.29) is 23.7 Å². The lowest BCUT2D eigenvalue weighted by atomic mass is 10.00. The van der Waals surface area contributed by atoms with Crippen molar-refractivity contribution in [2.75, 3.05) is 6.54 Å². The van der Waals surface area contributed by atoms with Gasteiger partial charge in [0.05, 0.1) is 12.3 Å². The number of aryl methyl sites for hydroxylation is 1. The molecule has 1 amide bonds. The van der Waals surface area contributed by atoms with E-state index >= 15 is 0 Å². The molecule has 0 saturated carbocycles. The lowest BCUT2D eigenvalue weighted by Crippen LogP contribution is -2.37. The van der Waals surface area contributed by atoms with Gasteiger partial charge < -0.3 is 9.74 Å². The van der Waals surface area contributed by atoms with Crippen LogP contribution in [0.3, 0.4) is 0 Å². The van der Waals surface area contributed by atoms with E-state index in [1.807, 2.05) is 32.0 Å². The van der Waals surface area contributed by atoms with Crippen molar-refractivity contribution in [3.05, 3.63) is 71.0 Å². The van der Waals surface area contributed by atoms with Crippen molar-refractivity contribution in [2.45, 2.75) is 46.3 Å². The first kappa shape index (κ1) is 20.1. The molecule has 1 aliphatic heterocycles. The summed E-state index contributed by atoms with van der Waals surface area (Å²) >= 11 is 0. The average Bonchev–Trinajstić information content (AvgIpc) is 3.11. The van der Waals surface area contributed by atoms with Gasteiger partial charge in [-0.15, -0.1) is 0 Å². The summed E-state index contributed by atoms with van der Waals surface area (Å²) in [6, 6.07) is 14.4. The van der Waals surface area contributed by atoms with Crippen LogP contribution in [0, 0.1) is 18.7 Å². The molecule has 1 heterocycles. The van der Waals surface area contributed by atoms with Crippen molar-refractivity contribution in [2.24, 2.45) is 11.1 Å². The summed E-state index contributed by atoms with van der Waals surface area (Å²) in [5.41, 5.74) is 4.06. The second-order valence-electron chi connectivity index (χ2n) is 7.78. The lowest BCUT2D eigenvalue weighted by Gasteiger charge is -2.26. The number of nitrogens with zero attached hydrogens (tertiary/aromatic N) is 2. The van der Waals surface area contributed by atoms with E-state index in [0.717, 1.165) is 22.4 Å². The van der Waals surface area contributed by atoms with E-state index in [1.54, 1.807) is 17.0 Å². The number of hydrogen-bond donors (Lipinski definition) is 0. The van der Waals surface area contributed by atoms with Crippen molar-refractivity contribution in [1.29, 1.82) is 0 Å². The molecule has 148 valence electrons. The second-order valence-corrected chi connectivity index (χ2v) is 7.78. The topological polar surface area (TPSA) is 41.9 Å². The molecule has 4 nitrogen and oxygen atoms in total. The lowest BCUT2D eigenvalue weighted by molar-refractivity contribution is -0.134. The molecule has 0 saturated heterocycles. The van der Waals surface area contributed by atoms with Gasteiger partial charge in [0.25, 0.3) is 0 Å². The summed E-state index contributed by atoms with van der Waals surface area (Å²) in [6.07, 6.45) is 0.963. The number of carbonyl (C=O) groups is 1. The van der Waals surface area contributed by atoms with Crippen LogP contribution < -0.4 is 0 Å². The van der Waals surface area contributed by atoms with Gasteiger partial charge in [-0.3, -0.25) is 4.79 Å². The number of hydrogen-bond acceptors (Lipinski definition) is 3. The third kappa shape index (κ3) is 5.18. The Hall–Kier alpha value is -2.69. The van der Waals surface area contributed by atoms with Crippen LogP contribution >= 0.6 is 0 Å². The summed E-state index contributed by atoms with van der Waals surface area (Å²) in [5.74, 6) is 0.0676. The molecule has 0 N–H and O–H groups in total. The van der Waals surface area contributed by atoms with Gasteiger partial charge in [0.1, 0.15) is 5.82 Å². The fraction of sp³-hybridized carbons (Fsp3) is 0.391. The Kier molecular flexibility index (Phi) is 6.45. The molecular weight excluding hydrogens is 355 g/mol. The van der Waals surface area contributed by atoms with E-state index in [0.29, 0.717) is 25.9 Å². The fourth-order valence-electron chi connectivity index (χ4n) is 3.37. The third-order valence-electron chi connectivity index (χ3n) is 4.84. The number of rotatable bonds is 7. The summed E-state index contributed by atoms with van der Waals surface area (Å²) in [6.45, 7) is 7.00. The van der Waals surface area contributed by atoms with Crippen LogP contribution in [0.15, 0.2) is 53.7 Å². The van der Waals surface area contributed by atoms with Crippen molar-refractivity contribution < 1.29 is 14.0 Å². The van der Waals surface area contributed by atoms with Crippen molar-refractivity contribution in [3.8, 4) is 0 Å². The Labute approximate surface area is 166 Å². The predicted molar refractivity (Wildman–Crippen MR) is 108 cm³/mol. The number of oxime groups is 1.